The Morgan fingerprint density at radius 2 is 1.84 bits per heavy atom. The summed E-state index contributed by atoms with van der Waals surface area (Å²) < 4.78 is 46.7. The summed E-state index contributed by atoms with van der Waals surface area (Å²) in [4.78, 5) is -0.225. The molecule has 0 heterocycles. The van der Waals surface area contributed by atoms with Gasteiger partial charge in [0, 0.05) is 6.04 Å². The molecular formula is C18H19ClFNO3S. The first kappa shape index (κ1) is 18.0. The van der Waals surface area contributed by atoms with Crippen LogP contribution in [0.2, 0.25) is 5.02 Å². The van der Waals surface area contributed by atoms with Gasteiger partial charge >= 0.3 is 0 Å². The predicted octanol–water partition coefficient (Wildman–Crippen LogP) is 4.48. The van der Waals surface area contributed by atoms with Gasteiger partial charge in [-0.2, -0.15) is 0 Å². The third kappa shape index (κ3) is 3.60. The summed E-state index contributed by atoms with van der Waals surface area (Å²) in [7, 11) is -2.47. The van der Waals surface area contributed by atoms with Crippen molar-refractivity contribution in [1.82, 2.24) is 0 Å². The Hall–Kier alpha value is -1.79. The van der Waals surface area contributed by atoms with E-state index in [1.807, 2.05) is 6.92 Å². The molecule has 0 N–H and O–H groups in total. The molecule has 0 saturated heterocycles. The van der Waals surface area contributed by atoms with Crippen molar-refractivity contribution in [2.45, 2.75) is 30.7 Å². The number of rotatable bonds is 6. The number of hydrogen-bond donors (Lipinski definition) is 0. The second kappa shape index (κ2) is 6.84. The minimum atomic E-state index is -4.01. The molecule has 0 bridgehead atoms. The van der Waals surface area contributed by atoms with Gasteiger partial charge in [0.05, 0.1) is 17.8 Å². The highest BCUT2D eigenvalue weighted by Crippen LogP contribution is 2.40. The second-order valence-electron chi connectivity index (χ2n) is 6.15. The zero-order chi connectivity index (χ0) is 18.2. The molecule has 134 valence electrons. The number of anilines is 1. The lowest BCUT2D eigenvalue weighted by atomic mass is 10.2. The van der Waals surface area contributed by atoms with Crippen molar-refractivity contribution in [3.8, 4) is 5.75 Å². The molecule has 0 amide bonds. The van der Waals surface area contributed by atoms with Crippen LogP contribution in [0.1, 0.15) is 19.8 Å². The van der Waals surface area contributed by atoms with Crippen molar-refractivity contribution in [3.05, 3.63) is 53.3 Å². The molecule has 0 aliphatic heterocycles. The molecular weight excluding hydrogens is 365 g/mol. The van der Waals surface area contributed by atoms with E-state index in [0.717, 1.165) is 25.0 Å². The van der Waals surface area contributed by atoms with Crippen LogP contribution in [0.25, 0.3) is 0 Å². The van der Waals surface area contributed by atoms with E-state index in [0.29, 0.717) is 11.4 Å². The quantitative estimate of drug-likeness (QED) is 0.738. The Kier molecular flexibility index (Phi) is 4.93. The Labute approximate surface area is 152 Å². The van der Waals surface area contributed by atoms with E-state index in [4.69, 9.17) is 16.3 Å². The first-order valence-electron chi connectivity index (χ1n) is 7.98. The maximum atomic E-state index is 13.7. The van der Waals surface area contributed by atoms with Gasteiger partial charge in [-0.3, -0.25) is 4.31 Å². The molecule has 2 aromatic carbocycles. The van der Waals surface area contributed by atoms with Crippen molar-refractivity contribution in [3.63, 3.8) is 0 Å². The fourth-order valence-corrected chi connectivity index (χ4v) is 5.08. The molecule has 0 aromatic heterocycles. The van der Waals surface area contributed by atoms with Crippen LogP contribution in [-0.4, -0.2) is 21.6 Å². The first-order chi connectivity index (χ1) is 11.8. The van der Waals surface area contributed by atoms with Crippen molar-refractivity contribution in [1.29, 1.82) is 0 Å². The number of nitrogens with zero attached hydrogens (tertiary/aromatic N) is 1. The summed E-state index contributed by atoms with van der Waals surface area (Å²) in [5.74, 6) is 0.268. The van der Waals surface area contributed by atoms with Gasteiger partial charge in [-0.15, -0.1) is 0 Å². The standard InChI is InChI=1S/C18H19ClFNO3S/c1-12(13-3-4-13)21(15-6-8-16(24-2)9-7-15)25(22,23)18-11-14(20)5-10-17(18)19/h5-13H,3-4H2,1-2H3. The lowest BCUT2D eigenvalue weighted by Crippen LogP contribution is -2.40. The highest BCUT2D eigenvalue weighted by atomic mass is 35.5. The lowest BCUT2D eigenvalue weighted by molar-refractivity contribution is 0.415. The van der Waals surface area contributed by atoms with Crippen LogP contribution in [0.5, 0.6) is 5.75 Å². The summed E-state index contributed by atoms with van der Waals surface area (Å²) in [6.45, 7) is 1.87. The number of benzene rings is 2. The average molecular weight is 384 g/mol. The van der Waals surface area contributed by atoms with Gasteiger partial charge < -0.3 is 4.74 Å². The minimum Gasteiger partial charge on any atom is -0.497 e. The maximum absolute atomic E-state index is 13.7. The SMILES string of the molecule is COc1ccc(N(C(C)C2CC2)S(=O)(=O)c2cc(F)ccc2Cl)cc1. The third-order valence-corrected chi connectivity index (χ3v) is 6.83. The fourth-order valence-electron chi connectivity index (χ4n) is 2.87. The van der Waals surface area contributed by atoms with Gasteiger partial charge in [0.2, 0.25) is 0 Å². The van der Waals surface area contributed by atoms with Crippen molar-refractivity contribution < 1.29 is 17.5 Å². The minimum absolute atomic E-state index is 0.00269. The van der Waals surface area contributed by atoms with Crippen molar-refractivity contribution in [2.75, 3.05) is 11.4 Å². The number of ether oxygens (including phenoxy) is 1. The van der Waals surface area contributed by atoms with Gasteiger partial charge in [0.25, 0.3) is 10.0 Å². The maximum Gasteiger partial charge on any atom is 0.266 e. The molecule has 1 aliphatic carbocycles. The smallest absolute Gasteiger partial charge is 0.266 e. The normalized spacial score (nSPS) is 15.7. The molecule has 1 unspecified atom stereocenters. The average Bonchev–Trinajstić information content (AvgIpc) is 3.42. The molecule has 1 fully saturated rings. The summed E-state index contributed by atoms with van der Waals surface area (Å²) in [5, 5.41) is 0.00269. The van der Waals surface area contributed by atoms with E-state index < -0.39 is 15.8 Å². The van der Waals surface area contributed by atoms with Gasteiger partial charge in [-0.1, -0.05) is 11.6 Å². The lowest BCUT2D eigenvalue weighted by Gasteiger charge is -2.31. The Balaban J connectivity index is 2.11. The van der Waals surface area contributed by atoms with Crippen LogP contribution in [0.4, 0.5) is 10.1 Å². The van der Waals surface area contributed by atoms with Gasteiger partial charge in [-0.25, -0.2) is 12.8 Å². The first-order valence-corrected chi connectivity index (χ1v) is 9.80. The summed E-state index contributed by atoms with van der Waals surface area (Å²) >= 11 is 6.07. The molecule has 1 saturated carbocycles. The van der Waals surface area contributed by atoms with Gasteiger partial charge in [0.1, 0.15) is 16.5 Å². The number of methoxy groups -OCH3 is 1. The van der Waals surface area contributed by atoms with Crippen LogP contribution in [-0.2, 0) is 10.0 Å². The molecule has 1 atom stereocenters. The number of halogens is 2. The number of sulfonamides is 1. The molecule has 0 radical (unpaired) electrons. The monoisotopic (exact) mass is 383 g/mol. The molecule has 2 aromatic rings. The molecule has 0 spiro atoms. The predicted molar refractivity (Wildman–Crippen MR) is 96.3 cm³/mol. The Bertz CT molecular complexity index is 866. The molecule has 25 heavy (non-hydrogen) atoms. The van der Waals surface area contributed by atoms with E-state index in [2.05, 4.69) is 0 Å². The summed E-state index contributed by atoms with van der Waals surface area (Å²) in [5.41, 5.74) is 0.500. The van der Waals surface area contributed by atoms with Crippen LogP contribution < -0.4 is 9.04 Å². The van der Waals surface area contributed by atoms with Gasteiger partial charge in [-0.05, 0) is 68.1 Å². The zero-order valence-electron chi connectivity index (χ0n) is 13.9. The van der Waals surface area contributed by atoms with Crippen molar-refractivity contribution >= 4 is 27.3 Å². The van der Waals surface area contributed by atoms with E-state index in [-0.39, 0.29) is 21.9 Å². The van der Waals surface area contributed by atoms with E-state index >= 15 is 0 Å². The summed E-state index contributed by atoms with van der Waals surface area (Å²) in [6.07, 6.45) is 1.94. The summed E-state index contributed by atoms with van der Waals surface area (Å²) in [6, 6.07) is 9.88. The molecule has 3 rings (SSSR count). The topological polar surface area (TPSA) is 46.6 Å². The third-order valence-electron chi connectivity index (χ3n) is 4.43. The number of hydrogen-bond acceptors (Lipinski definition) is 3. The van der Waals surface area contributed by atoms with E-state index in [9.17, 15) is 12.8 Å². The Morgan fingerprint density at radius 1 is 1.20 bits per heavy atom. The highest BCUT2D eigenvalue weighted by Gasteiger charge is 2.39. The van der Waals surface area contributed by atoms with E-state index in [1.54, 1.807) is 31.4 Å². The zero-order valence-corrected chi connectivity index (χ0v) is 15.5. The van der Waals surface area contributed by atoms with Crippen LogP contribution in [0.3, 0.4) is 0 Å². The highest BCUT2D eigenvalue weighted by molar-refractivity contribution is 7.93. The van der Waals surface area contributed by atoms with Crippen LogP contribution in [0, 0.1) is 11.7 Å². The molecule has 7 heteroatoms. The van der Waals surface area contributed by atoms with Crippen LogP contribution >= 0.6 is 11.6 Å². The van der Waals surface area contributed by atoms with Crippen molar-refractivity contribution in [2.24, 2.45) is 5.92 Å². The Morgan fingerprint density at radius 3 is 2.40 bits per heavy atom. The van der Waals surface area contributed by atoms with Gasteiger partial charge in [0.15, 0.2) is 0 Å². The fraction of sp³-hybridized carbons (Fsp3) is 0.333. The van der Waals surface area contributed by atoms with Crippen LogP contribution in [0.15, 0.2) is 47.4 Å². The molecule has 1 aliphatic rings. The van der Waals surface area contributed by atoms with E-state index in [1.165, 1.54) is 10.4 Å². The molecule has 4 nitrogen and oxygen atoms in total. The largest absolute Gasteiger partial charge is 0.497 e. The second-order valence-corrected chi connectivity index (χ2v) is 8.34.